The van der Waals surface area contributed by atoms with E-state index >= 15 is 0 Å². The molecule has 2 aromatic rings. The van der Waals surface area contributed by atoms with Gasteiger partial charge in [0.2, 0.25) is 5.91 Å². The fourth-order valence-corrected chi connectivity index (χ4v) is 2.12. The summed E-state index contributed by atoms with van der Waals surface area (Å²) in [6, 6.07) is 14.6. The molecule has 0 fully saturated rings. The molecule has 2 aromatic carbocycles. The summed E-state index contributed by atoms with van der Waals surface area (Å²) in [5.41, 5.74) is 3.45. The molecule has 0 aliphatic heterocycles. The van der Waals surface area contributed by atoms with Crippen LogP contribution in [0.1, 0.15) is 27.9 Å². The zero-order valence-electron chi connectivity index (χ0n) is 11.6. The number of carbonyl (C=O) groups excluding carboxylic acids is 2. The predicted molar refractivity (Wildman–Crippen MR) is 79.9 cm³/mol. The zero-order valence-corrected chi connectivity index (χ0v) is 11.6. The van der Waals surface area contributed by atoms with Gasteiger partial charge in [0.05, 0.1) is 6.42 Å². The van der Waals surface area contributed by atoms with Gasteiger partial charge in [0.15, 0.2) is 5.78 Å². The van der Waals surface area contributed by atoms with Gasteiger partial charge in [0.25, 0.3) is 0 Å². The predicted octanol–water partition coefficient (Wildman–Crippen LogP) is 3.51. The van der Waals surface area contributed by atoms with Crippen LogP contribution in [0.15, 0.2) is 48.5 Å². The zero-order chi connectivity index (χ0) is 14.5. The maximum atomic E-state index is 11.9. The van der Waals surface area contributed by atoms with Gasteiger partial charge in [0, 0.05) is 11.3 Å². The Balaban J connectivity index is 2.01. The number of hydrogen-bond acceptors (Lipinski definition) is 2. The number of anilines is 1. The van der Waals surface area contributed by atoms with Gasteiger partial charge in [-0.15, -0.1) is 0 Å². The van der Waals surface area contributed by atoms with E-state index in [-0.39, 0.29) is 18.1 Å². The Morgan fingerprint density at radius 3 is 2.15 bits per heavy atom. The molecule has 0 saturated heterocycles. The molecule has 0 radical (unpaired) electrons. The van der Waals surface area contributed by atoms with Gasteiger partial charge in [-0.1, -0.05) is 36.4 Å². The average molecular weight is 267 g/mol. The van der Waals surface area contributed by atoms with Crippen molar-refractivity contribution in [2.24, 2.45) is 0 Å². The molecule has 0 heterocycles. The molecule has 1 amide bonds. The largest absolute Gasteiger partial charge is 0.326 e. The third-order valence-corrected chi connectivity index (χ3v) is 2.92. The van der Waals surface area contributed by atoms with E-state index in [1.54, 1.807) is 24.3 Å². The standard InChI is InChI=1S/C17H17NO2/c1-12-8-13(2)10-15(9-12)18-17(20)11-16(19)14-6-4-3-5-7-14/h3-10H,11H2,1-2H3,(H,18,20). The molecule has 1 N–H and O–H groups in total. The third-order valence-electron chi connectivity index (χ3n) is 2.92. The van der Waals surface area contributed by atoms with Crippen LogP contribution in [0, 0.1) is 13.8 Å². The third kappa shape index (κ3) is 3.79. The molecule has 102 valence electrons. The molecule has 0 atom stereocenters. The Bertz CT molecular complexity index is 612. The second-order valence-corrected chi connectivity index (χ2v) is 4.89. The van der Waals surface area contributed by atoms with Crippen molar-refractivity contribution in [3.63, 3.8) is 0 Å². The number of amides is 1. The minimum atomic E-state index is -0.288. The van der Waals surface area contributed by atoms with Crippen LogP contribution < -0.4 is 5.32 Å². The number of ketones is 1. The van der Waals surface area contributed by atoms with E-state index in [2.05, 4.69) is 5.32 Å². The molecular weight excluding hydrogens is 250 g/mol. The number of benzene rings is 2. The summed E-state index contributed by atoms with van der Waals surface area (Å²) in [5.74, 6) is -0.462. The van der Waals surface area contributed by atoms with Crippen LogP contribution in [-0.2, 0) is 4.79 Å². The van der Waals surface area contributed by atoms with Crippen LogP contribution in [0.3, 0.4) is 0 Å². The lowest BCUT2D eigenvalue weighted by atomic mass is 10.1. The van der Waals surface area contributed by atoms with E-state index in [1.807, 2.05) is 38.1 Å². The van der Waals surface area contributed by atoms with E-state index in [0.717, 1.165) is 16.8 Å². The summed E-state index contributed by atoms with van der Waals surface area (Å²) in [6.45, 7) is 3.94. The topological polar surface area (TPSA) is 46.2 Å². The molecule has 2 rings (SSSR count). The maximum Gasteiger partial charge on any atom is 0.232 e. The molecule has 20 heavy (non-hydrogen) atoms. The highest BCUT2D eigenvalue weighted by atomic mass is 16.2. The van der Waals surface area contributed by atoms with E-state index < -0.39 is 0 Å². The van der Waals surface area contributed by atoms with Gasteiger partial charge >= 0.3 is 0 Å². The first kappa shape index (κ1) is 14.0. The Labute approximate surface area is 118 Å². The number of nitrogens with one attached hydrogen (secondary N) is 1. The molecule has 3 heteroatoms. The normalized spacial score (nSPS) is 10.1. The van der Waals surface area contributed by atoms with Gasteiger partial charge < -0.3 is 5.32 Å². The summed E-state index contributed by atoms with van der Waals surface area (Å²) in [5, 5.41) is 2.76. The number of carbonyl (C=O) groups is 2. The lowest BCUT2D eigenvalue weighted by Gasteiger charge is -2.07. The number of aryl methyl sites for hydroxylation is 2. The highest BCUT2D eigenvalue weighted by Gasteiger charge is 2.11. The van der Waals surface area contributed by atoms with Crippen LogP contribution >= 0.6 is 0 Å². The second-order valence-electron chi connectivity index (χ2n) is 4.89. The fraction of sp³-hybridized carbons (Fsp3) is 0.176. The minimum absolute atomic E-state index is 0.142. The van der Waals surface area contributed by atoms with Crippen molar-refractivity contribution in [2.75, 3.05) is 5.32 Å². The quantitative estimate of drug-likeness (QED) is 0.680. The summed E-state index contributed by atoms with van der Waals surface area (Å²) < 4.78 is 0. The SMILES string of the molecule is Cc1cc(C)cc(NC(=O)CC(=O)c2ccccc2)c1. The van der Waals surface area contributed by atoms with Crippen LogP contribution in [0.2, 0.25) is 0 Å². The number of Topliss-reactive ketones (excluding diaryl/α,β-unsaturated/α-hetero) is 1. The van der Waals surface area contributed by atoms with Crippen LogP contribution in [0.4, 0.5) is 5.69 Å². The highest BCUT2D eigenvalue weighted by molar-refractivity contribution is 6.10. The monoisotopic (exact) mass is 267 g/mol. The maximum absolute atomic E-state index is 11.9. The van der Waals surface area contributed by atoms with Crippen molar-refractivity contribution in [3.8, 4) is 0 Å². The Hall–Kier alpha value is -2.42. The van der Waals surface area contributed by atoms with Crippen LogP contribution in [0.25, 0.3) is 0 Å². The van der Waals surface area contributed by atoms with Crippen molar-refractivity contribution in [1.82, 2.24) is 0 Å². The van der Waals surface area contributed by atoms with Gasteiger partial charge in [-0.25, -0.2) is 0 Å². The Morgan fingerprint density at radius 1 is 0.950 bits per heavy atom. The van der Waals surface area contributed by atoms with Crippen molar-refractivity contribution in [1.29, 1.82) is 0 Å². The van der Waals surface area contributed by atoms with Crippen molar-refractivity contribution in [3.05, 3.63) is 65.2 Å². The average Bonchev–Trinajstić information content (AvgIpc) is 2.38. The number of rotatable bonds is 4. The van der Waals surface area contributed by atoms with Crippen molar-refractivity contribution < 1.29 is 9.59 Å². The minimum Gasteiger partial charge on any atom is -0.326 e. The summed E-state index contributed by atoms with van der Waals surface area (Å²) in [4.78, 5) is 23.8. The lowest BCUT2D eigenvalue weighted by Crippen LogP contribution is -2.16. The first-order valence-corrected chi connectivity index (χ1v) is 6.51. The van der Waals surface area contributed by atoms with E-state index in [9.17, 15) is 9.59 Å². The second kappa shape index (κ2) is 6.15. The molecule has 0 aromatic heterocycles. The first-order chi connectivity index (χ1) is 9.54. The van der Waals surface area contributed by atoms with Crippen molar-refractivity contribution >= 4 is 17.4 Å². The summed E-state index contributed by atoms with van der Waals surface area (Å²) in [7, 11) is 0. The Morgan fingerprint density at radius 2 is 1.55 bits per heavy atom. The smallest absolute Gasteiger partial charge is 0.232 e. The van der Waals surface area contributed by atoms with Crippen LogP contribution in [-0.4, -0.2) is 11.7 Å². The van der Waals surface area contributed by atoms with Crippen LogP contribution in [0.5, 0.6) is 0 Å². The highest BCUT2D eigenvalue weighted by Crippen LogP contribution is 2.14. The molecule has 3 nitrogen and oxygen atoms in total. The van der Waals surface area contributed by atoms with E-state index in [4.69, 9.17) is 0 Å². The van der Waals surface area contributed by atoms with Gasteiger partial charge in [-0.2, -0.15) is 0 Å². The molecule has 0 aliphatic rings. The Kier molecular flexibility index (Phi) is 4.31. The van der Waals surface area contributed by atoms with Gasteiger partial charge in [-0.3, -0.25) is 9.59 Å². The molecule has 0 spiro atoms. The lowest BCUT2D eigenvalue weighted by molar-refractivity contribution is -0.115. The number of hydrogen-bond donors (Lipinski definition) is 1. The van der Waals surface area contributed by atoms with Gasteiger partial charge in [-0.05, 0) is 37.1 Å². The summed E-state index contributed by atoms with van der Waals surface area (Å²) in [6.07, 6.45) is -0.142. The van der Waals surface area contributed by atoms with Gasteiger partial charge in [0.1, 0.15) is 0 Å². The summed E-state index contributed by atoms with van der Waals surface area (Å²) >= 11 is 0. The van der Waals surface area contributed by atoms with E-state index in [1.165, 1.54) is 0 Å². The molecule has 0 unspecified atom stereocenters. The molecule has 0 saturated carbocycles. The van der Waals surface area contributed by atoms with Crippen molar-refractivity contribution in [2.45, 2.75) is 20.3 Å². The van der Waals surface area contributed by atoms with E-state index in [0.29, 0.717) is 5.56 Å². The first-order valence-electron chi connectivity index (χ1n) is 6.51. The molecular formula is C17H17NO2. The molecule has 0 aliphatic carbocycles. The fourth-order valence-electron chi connectivity index (χ4n) is 2.12. The molecule has 0 bridgehead atoms.